The molecule has 1 aromatic carbocycles. The number of ketones is 1. The molecule has 0 bridgehead atoms. The molecule has 2 aromatic rings. The Balaban J connectivity index is 1.65. The second-order valence-electron chi connectivity index (χ2n) is 7.60. The van der Waals surface area contributed by atoms with Crippen LogP contribution in [0, 0.1) is 17.3 Å². The highest BCUT2D eigenvalue weighted by atomic mass is 19.4. The fourth-order valence-corrected chi connectivity index (χ4v) is 3.49. The molecule has 0 N–H and O–H groups in total. The summed E-state index contributed by atoms with van der Waals surface area (Å²) in [4.78, 5) is 16.9. The van der Waals surface area contributed by atoms with Crippen molar-refractivity contribution in [1.82, 2.24) is 14.8 Å². The van der Waals surface area contributed by atoms with Gasteiger partial charge in [0.25, 0.3) is 0 Å². The Labute approximate surface area is 160 Å². The number of nitrogens with zero attached hydrogens (tertiary/aromatic N) is 3. The molecule has 1 heterocycles. The molecule has 0 radical (unpaired) electrons. The molecule has 1 aliphatic carbocycles. The van der Waals surface area contributed by atoms with E-state index in [-0.39, 0.29) is 23.4 Å². The van der Waals surface area contributed by atoms with Gasteiger partial charge in [0.2, 0.25) is 0 Å². The first-order valence-electron chi connectivity index (χ1n) is 8.99. The predicted octanol–water partition coefficient (Wildman–Crippen LogP) is 3.88. The van der Waals surface area contributed by atoms with Crippen LogP contribution in [0.1, 0.15) is 26.7 Å². The molecule has 0 aliphatic heterocycles. The van der Waals surface area contributed by atoms with Gasteiger partial charge in [-0.15, -0.1) is 13.2 Å². The average Bonchev–Trinajstić information content (AvgIpc) is 3.12. The van der Waals surface area contributed by atoms with Gasteiger partial charge in [-0.2, -0.15) is 5.10 Å². The van der Waals surface area contributed by atoms with Gasteiger partial charge in [0.05, 0.1) is 13.2 Å². The summed E-state index contributed by atoms with van der Waals surface area (Å²) >= 11 is 0. The Kier molecular flexibility index (Phi) is 5.62. The van der Waals surface area contributed by atoms with Gasteiger partial charge in [-0.25, -0.2) is 4.98 Å². The summed E-state index contributed by atoms with van der Waals surface area (Å²) < 4.78 is 48.0. The van der Waals surface area contributed by atoms with Crippen molar-refractivity contribution in [2.45, 2.75) is 39.6 Å². The molecule has 1 fully saturated rings. The maximum absolute atomic E-state index is 12.9. The zero-order valence-electron chi connectivity index (χ0n) is 15.6. The average molecular weight is 397 g/mol. The van der Waals surface area contributed by atoms with Gasteiger partial charge in [-0.1, -0.05) is 13.8 Å². The van der Waals surface area contributed by atoms with E-state index in [4.69, 9.17) is 4.74 Å². The van der Waals surface area contributed by atoms with Crippen molar-refractivity contribution >= 4 is 5.78 Å². The first kappa shape index (κ1) is 20.2. The van der Waals surface area contributed by atoms with E-state index in [2.05, 4.69) is 14.8 Å². The molecule has 3 rings (SSSR count). The van der Waals surface area contributed by atoms with Crippen molar-refractivity contribution < 1.29 is 27.4 Å². The minimum atomic E-state index is -4.73. The van der Waals surface area contributed by atoms with Crippen LogP contribution in [-0.4, -0.2) is 33.5 Å². The molecule has 2 atom stereocenters. The monoisotopic (exact) mass is 397 g/mol. The Morgan fingerprint density at radius 1 is 1.21 bits per heavy atom. The van der Waals surface area contributed by atoms with E-state index in [0.717, 1.165) is 12.8 Å². The zero-order chi connectivity index (χ0) is 20.4. The number of ether oxygens (including phenoxy) is 2. The fourth-order valence-electron chi connectivity index (χ4n) is 3.49. The lowest BCUT2D eigenvalue weighted by atomic mass is 9.66. The summed E-state index contributed by atoms with van der Waals surface area (Å²) in [5, 5.41) is 4.09. The lowest BCUT2D eigenvalue weighted by molar-refractivity contribution is -0.274. The van der Waals surface area contributed by atoms with E-state index in [1.165, 1.54) is 30.6 Å². The number of carbonyl (C=O) groups excluding carboxylic acids is 1. The van der Waals surface area contributed by atoms with Crippen LogP contribution in [-0.2, 0) is 11.3 Å². The molecule has 28 heavy (non-hydrogen) atoms. The third kappa shape index (κ3) is 5.02. The minimum absolute atomic E-state index is 0.0178. The second-order valence-corrected chi connectivity index (χ2v) is 7.60. The number of hydrogen-bond acceptors (Lipinski definition) is 5. The van der Waals surface area contributed by atoms with Gasteiger partial charge < -0.3 is 9.47 Å². The quantitative estimate of drug-likeness (QED) is 0.740. The topological polar surface area (TPSA) is 66.2 Å². The number of Topliss-reactive ketones (excluding diaryl/α,β-unsaturated/α-hetero) is 1. The van der Waals surface area contributed by atoms with Gasteiger partial charge in [0.1, 0.15) is 29.9 Å². The van der Waals surface area contributed by atoms with Crippen molar-refractivity contribution in [3.05, 3.63) is 36.9 Å². The van der Waals surface area contributed by atoms with E-state index < -0.39 is 11.8 Å². The number of alkyl halides is 3. The smallest absolute Gasteiger partial charge is 0.493 e. The van der Waals surface area contributed by atoms with Crippen LogP contribution in [0.25, 0.3) is 0 Å². The van der Waals surface area contributed by atoms with Crippen LogP contribution in [0.15, 0.2) is 36.9 Å². The third-order valence-corrected chi connectivity index (χ3v) is 5.08. The number of rotatable bonds is 6. The number of hydrogen-bond donors (Lipinski definition) is 0. The number of aromatic nitrogens is 3. The molecular formula is C19H22F3N3O3. The van der Waals surface area contributed by atoms with Crippen LogP contribution in [0.4, 0.5) is 13.2 Å². The van der Waals surface area contributed by atoms with Crippen molar-refractivity contribution in [3.8, 4) is 11.5 Å². The number of benzene rings is 1. The highest BCUT2D eigenvalue weighted by Gasteiger charge is 2.43. The van der Waals surface area contributed by atoms with Crippen molar-refractivity contribution in [1.29, 1.82) is 0 Å². The van der Waals surface area contributed by atoms with Gasteiger partial charge in [-0.3, -0.25) is 9.48 Å². The molecule has 1 saturated carbocycles. The van der Waals surface area contributed by atoms with Crippen molar-refractivity contribution in [3.63, 3.8) is 0 Å². The minimum Gasteiger partial charge on any atom is -0.493 e. The maximum Gasteiger partial charge on any atom is 0.573 e. The summed E-state index contributed by atoms with van der Waals surface area (Å²) in [5.74, 6) is -0.00398. The Hall–Kier alpha value is -2.58. The molecule has 0 spiro atoms. The highest BCUT2D eigenvalue weighted by molar-refractivity contribution is 5.87. The molecule has 152 valence electrons. The summed E-state index contributed by atoms with van der Waals surface area (Å²) in [6.45, 7) is 4.61. The van der Waals surface area contributed by atoms with Crippen molar-refractivity contribution in [2.75, 3.05) is 6.61 Å². The van der Waals surface area contributed by atoms with Gasteiger partial charge in [0, 0.05) is 17.3 Å². The molecular weight excluding hydrogens is 375 g/mol. The zero-order valence-corrected chi connectivity index (χ0v) is 15.6. The Bertz CT molecular complexity index is 789. The largest absolute Gasteiger partial charge is 0.573 e. The predicted molar refractivity (Wildman–Crippen MR) is 93.6 cm³/mol. The molecule has 1 aromatic heterocycles. The summed E-state index contributed by atoms with van der Waals surface area (Å²) in [6, 6.07) is 5.24. The summed E-state index contributed by atoms with van der Waals surface area (Å²) in [6.07, 6.45) is -0.160. The van der Waals surface area contributed by atoms with Gasteiger partial charge in [0.15, 0.2) is 0 Å². The molecule has 6 nitrogen and oxygen atoms in total. The molecule has 0 saturated heterocycles. The first-order valence-corrected chi connectivity index (χ1v) is 8.99. The van der Waals surface area contributed by atoms with Crippen LogP contribution in [0.5, 0.6) is 11.5 Å². The molecule has 0 unspecified atom stereocenters. The highest BCUT2D eigenvalue weighted by Crippen LogP contribution is 2.40. The summed E-state index contributed by atoms with van der Waals surface area (Å²) in [5.41, 5.74) is -0.404. The molecule has 0 amide bonds. The SMILES string of the molecule is CC1(C)CC[C@@H](COc2ccc(OC(F)(F)F)cc2)[C@H](Cn2cncn2)C1=O. The van der Waals surface area contributed by atoms with Crippen LogP contribution in [0.3, 0.4) is 0 Å². The Morgan fingerprint density at radius 2 is 1.89 bits per heavy atom. The van der Waals surface area contributed by atoms with Crippen LogP contribution >= 0.6 is 0 Å². The maximum atomic E-state index is 12.9. The molecule has 1 aliphatic rings. The Morgan fingerprint density at radius 3 is 2.50 bits per heavy atom. The van der Waals surface area contributed by atoms with Crippen molar-refractivity contribution in [2.24, 2.45) is 17.3 Å². The summed E-state index contributed by atoms with van der Waals surface area (Å²) in [7, 11) is 0. The van der Waals surface area contributed by atoms with Gasteiger partial charge >= 0.3 is 6.36 Å². The standard InChI is InChI=1S/C19H22F3N3O3/c1-18(2)8-7-13(16(17(18)26)9-25-12-23-11-24-25)10-27-14-3-5-15(6-4-14)28-19(20,21)22/h3-6,11-13,16H,7-10H2,1-2H3/t13-,16-/m0/s1. The van der Waals surface area contributed by atoms with Gasteiger partial charge in [-0.05, 0) is 37.1 Å². The number of halogens is 3. The third-order valence-electron chi connectivity index (χ3n) is 5.08. The normalized spacial score (nSPS) is 22.1. The van der Waals surface area contributed by atoms with Crippen LogP contribution < -0.4 is 9.47 Å². The lowest BCUT2D eigenvalue weighted by Crippen LogP contribution is -2.44. The first-order chi connectivity index (χ1) is 13.1. The number of carbonyl (C=O) groups is 1. The lowest BCUT2D eigenvalue weighted by Gasteiger charge is -2.39. The van der Waals surface area contributed by atoms with E-state index in [1.807, 2.05) is 13.8 Å². The van der Waals surface area contributed by atoms with E-state index in [9.17, 15) is 18.0 Å². The van der Waals surface area contributed by atoms with Crippen LogP contribution in [0.2, 0.25) is 0 Å². The van der Waals surface area contributed by atoms with E-state index in [1.54, 1.807) is 11.0 Å². The second kappa shape index (κ2) is 7.81. The van der Waals surface area contributed by atoms with E-state index >= 15 is 0 Å². The van der Waals surface area contributed by atoms with E-state index in [0.29, 0.717) is 18.9 Å². The molecule has 9 heteroatoms. The fraction of sp³-hybridized carbons (Fsp3) is 0.526.